The number of hydrogen-bond donors (Lipinski definition) is 1. The average Bonchev–Trinajstić information content (AvgIpc) is 2.46. The molecule has 2 rings (SSSR count). The fourth-order valence-electron chi connectivity index (χ4n) is 1.87. The van der Waals surface area contributed by atoms with E-state index in [1.165, 1.54) is 12.3 Å². The van der Waals surface area contributed by atoms with Crippen molar-refractivity contribution in [1.29, 1.82) is 0 Å². The van der Waals surface area contributed by atoms with E-state index in [9.17, 15) is 13.2 Å². The Morgan fingerprint density at radius 2 is 1.68 bits per heavy atom. The van der Waals surface area contributed by atoms with Crippen molar-refractivity contribution in [3.63, 3.8) is 0 Å². The van der Waals surface area contributed by atoms with Crippen LogP contribution in [0.15, 0.2) is 47.6 Å². The summed E-state index contributed by atoms with van der Waals surface area (Å²) in [6.07, 6.45) is 1.48. The van der Waals surface area contributed by atoms with Gasteiger partial charge in [0.1, 0.15) is 0 Å². The number of carboxylic acids is 1. The molecule has 22 heavy (non-hydrogen) atoms. The van der Waals surface area contributed by atoms with E-state index >= 15 is 0 Å². The first-order chi connectivity index (χ1) is 10.3. The summed E-state index contributed by atoms with van der Waals surface area (Å²) in [7, 11) is -3.72. The molecule has 2 aromatic rings. The molecule has 0 saturated carbocycles. The van der Waals surface area contributed by atoms with Gasteiger partial charge in [-0.3, -0.25) is 0 Å². The van der Waals surface area contributed by atoms with Crippen LogP contribution in [0.3, 0.4) is 0 Å². The molecule has 0 spiro atoms. The molecule has 0 fully saturated rings. The first-order valence-corrected chi connectivity index (χ1v) is 12.5. The van der Waals surface area contributed by atoms with Crippen molar-refractivity contribution < 1.29 is 18.3 Å². The van der Waals surface area contributed by atoms with E-state index < -0.39 is 27.6 Å². The Morgan fingerprint density at radius 3 is 2.18 bits per heavy atom. The third kappa shape index (κ3) is 3.76. The summed E-state index contributed by atoms with van der Waals surface area (Å²) < 4.78 is 26.2. The van der Waals surface area contributed by atoms with Crippen molar-refractivity contribution in [2.24, 2.45) is 0 Å². The number of rotatable bonds is 5. The van der Waals surface area contributed by atoms with Crippen molar-refractivity contribution in [3.8, 4) is 0 Å². The molecular weight excluding hydrogens is 365 g/mol. The van der Waals surface area contributed by atoms with Gasteiger partial charge in [-0.2, -0.15) is 0 Å². The molecule has 0 aliphatic heterocycles. The second-order valence-corrected chi connectivity index (χ2v) is 14.9. The van der Waals surface area contributed by atoms with Gasteiger partial charge < -0.3 is 0 Å². The van der Waals surface area contributed by atoms with Crippen LogP contribution in [-0.2, 0) is 12.9 Å². The first kappa shape index (κ1) is 16.7. The van der Waals surface area contributed by atoms with E-state index in [2.05, 4.69) is 4.98 Å². The van der Waals surface area contributed by atoms with Crippen molar-refractivity contribution in [3.05, 3.63) is 53.7 Å². The van der Waals surface area contributed by atoms with E-state index in [1.807, 2.05) is 13.8 Å². The summed E-state index contributed by atoms with van der Waals surface area (Å²) in [4.78, 5) is 15.1. The van der Waals surface area contributed by atoms with E-state index in [-0.39, 0.29) is 10.2 Å². The number of aliphatic carboxylic acids is 1. The molecule has 1 N–H and O–H groups in total. The molecule has 0 bridgehead atoms. The molecule has 1 aromatic carbocycles. The molecule has 7 heteroatoms. The zero-order valence-corrected chi connectivity index (χ0v) is 14.9. The summed E-state index contributed by atoms with van der Waals surface area (Å²) in [5.41, 5.74) is 1.85. The standard InChI is InChI=1S/C15H16AsNO4S/c1-11-3-6-13(7-4-11)16(9-15(18)19)22(20,21)14-8-5-12(2)10-17-14/h3-8,10H,9H2,1-2H3,(H,18,19). The van der Waals surface area contributed by atoms with Gasteiger partial charge in [0.25, 0.3) is 0 Å². The number of benzene rings is 1. The Kier molecular flexibility index (Phi) is 5.04. The van der Waals surface area contributed by atoms with Gasteiger partial charge in [0.05, 0.1) is 0 Å². The Hall–Kier alpha value is -1.65. The van der Waals surface area contributed by atoms with Crippen LogP contribution >= 0.6 is 0 Å². The average molecular weight is 381 g/mol. The van der Waals surface area contributed by atoms with Crippen molar-refractivity contribution >= 4 is 31.9 Å². The fourth-order valence-corrected chi connectivity index (χ4v) is 11.0. The second kappa shape index (κ2) is 6.63. The van der Waals surface area contributed by atoms with Crippen molar-refractivity contribution in [2.45, 2.75) is 24.1 Å². The monoisotopic (exact) mass is 381 g/mol. The van der Waals surface area contributed by atoms with Crippen LogP contribution in [0.1, 0.15) is 11.1 Å². The molecule has 1 unspecified atom stereocenters. The third-order valence-corrected chi connectivity index (χ3v) is 14.0. The topological polar surface area (TPSA) is 84.3 Å². The number of carbonyl (C=O) groups is 1. The molecule has 116 valence electrons. The summed E-state index contributed by atoms with van der Waals surface area (Å²) in [5.74, 6) is -1.10. The number of hydrogen-bond acceptors (Lipinski definition) is 4. The normalized spacial score (nSPS) is 12.8. The Bertz CT molecular complexity index is 770. The summed E-state index contributed by atoms with van der Waals surface area (Å²) in [6, 6.07) is 10.1. The number of pyridine rings is 1. The molecule has 1 atom stereocenters. The van der Waals surface area contributed by atoms with Crippen LogP contribution < -0.4 is 4.35 Å². The van der Waals surface area contributed by atoms with E-state index in [0.29, 0.717) is 4.35 Å². The van der Waals surface area contributed by atoms with E-state index in [4.69, 9.17) is 5.11 Å². The number of aryl methyl sites for hydroxylation is 2. The molecule has 1 aromatic heterocycles. The number of nitrogens with zero attached hydrogens (tertiary/aromatic N) is 1. The van der Waals surface area contributed by atoms with Crippen LogP contribution in [0.4, 0.5) is 0 Å². The molecule has 0 aliphatic rings. The quantitative estimate of drug-likeness (QED) is 0.793. The van der Waals surface area contributed by atoms with Crippen LogP contribution in [0.2, 0.25) is 5.21 Å². The van der Waals surface area contributed by atoms with Gasteiger partial charge in [-0.25, -0.2) is 0 Å². The fraction of sp³-hybridized carbons (Fsp3) is 0.200. The molecule has 0 radical (unpaired) electrons. The minimum atomic E-state index is -3.72. The molecule has 0 aliphatic carbocycles. The zero-order chi connectivity index (χ0) is 16.3. The summed E-state index contributed by atoms with van der Waals surface area (Å²) >= 11 is -2.89. The van der Waals surface area contributed by atoms with Gasteiger partial charge >= 0.3 is 133 Å². The predicted molar refractivity (Wildman–Crippen MR) is 85.2 cm³/mol. The van der Waals surface area contributed by atoms with Crippen LogP contribution in [0, 0.1) is 13.8 Å². The van der Waals surface area contributed by atoms with Gasteiger partial charge in [-0.15, -0.1) is 0 Å². The number of aromatic nitrogens is 1. The van der Waals surface area contributed by atoms with Crippen LogP contribution in [0.5, 0.6) is 0 Å². The summed E-state index contributed by atoms with van der Waals surface area (Å²) in [5, 5.41) is 8.71. The SMILES string of the molecule is Cc1ccc([As](CC(=O)O)S(=O)(=O)c2ccc(C)cn2)cc1. The van der Waals surface area contributed by atoms with Gasteiger partial charge in [0, 0.05) is 0 Å². The molecule has 0 amide bonds. The maximum atomic E-state index is 12.8. The minimum absolute atomic E-state index is 0.0417. The molecule has 5 nitrogen and oxygen atoms in total. The predicted octanol–water partition coefficient (Wildman–Crippen LogP) is 1.46. The Labute approximate surface area is 133 Å². The molecular formula is C15H16AsNO4S. The molecule has 0 saturated heterocycles. The second-order valence-electron chi connectivity index (χ2n) is 4.91. The van der Waals surface area contributed by atoms with E-state index in [1.54, 1.807) is 30.3 Å². The van der Waals surface area contributed by atoms with Crippen molar-refractivity contribution in [1.82, 2.24) is 4.98 Å². The molecule has 1 heterocycles. The van der Waals surface area contributed by atoms with Gasteiger partial charge in [0.15, 0.2) is 0 Å². The number of carboxylic acid groups (broad SMARTS) is 1. The van der Waals surface area contributed by atoms with Crippen LogP contribution in [0.25, 0.3) is 0 Å². The van der Waals surface area contributed by atoms with Crippen LogP contribution in [-0.4, -0.2) is 38.0 Å². The van der Waals surface area contributed by atoms with Gasteiger partial charge in [-0.1, -0.05) is 0 Å². The maximum absolute atomic E-state index is 12.8. The summed E-state index contributed by atoms with van der Waals surface area (Å²) in [6.45, 7) is 3.71. The van der Waals surface area contributed by atoms with Gasteiger partial charge in [0.2, 0.25) is 0 Å². The van der Waals surface area contributed by atoms with E-state index in [0.717, 1.165) is 11.1 Å². The Morgan fingerprint density at radius 1 is 1.09 bits per heavy atom. The Balaban J connectivity index is 2.50. The first-order valence-electron chi connectivity index (χ1n) is 6.54. The van der Waals surface area contributed by atoms with Crippen molar-refractivity contribution in [2.75, 3.05) is 0 Å². The van der Waals surface area contributed by atoms with Gasteiger partial charge in [-0.05, 0) is 0 Å². The third-order valence-electron chi connectivity index (χ3n) is 3.04. The zero-order valence-electron chi connectivity index (χ0n) is 12.2.